The molecule has 0 unspecified atom stereocenters. The number of pyridine rings is 1. The SMILES string of the molecule is Fc1ccccc1-c1nc2cc[n+](Cc3csc(-c4cccs4)n3)cc2[nH]1. The van der Waals surface area contributed by atoms with Crippen molar-refractivity contribution < 1.29 is 8.96 Å². The number of hydrogen-bond donors (Lipinski definition) is 1. The molecular formula is C20H14FN4S2+. The van der Waals surface area contributed by atoms with Gasteiger partial charge in [-0.2, -0.15) is 4.57 Å². The predicted octanol–water partition coefficient (Wildman–Crippen LogP) is 4.89. The zero-order valence-corrected chi connectivity index (χ0v) is 15.7. The Hall–Kier alpha value is -2.90. The summed E-state index contributed by atoms with van der Waals surface area (Å²) in [5.74, 6) is 0.252. The van der Waals surface area contributed by atoms with Crippen LogP contribution in [0.4, 0.5) is 4.39 Å². The second-order valence-electron chi connectivity index (χ2n) is 6.10. The van der Waals surface area contributed by atoms with Crippen molar-refractivity contribution in [2.75, 3.05) is 0 Å². The van der Waals surface area contributed by atoms with Crippen molar-refractivity contribution in [2.45, 2.75) is 6.54 Å². The molecule has 1 aromatic carbocycles. The Balaban J connectivity index is 1.44. The van der Waals surface area contributed by atoms with E-state index in [1.807, 2.05) is 24.5 Å². The third-order valence-corrected chi connectivity index (χ3v) is 6.17. The molecule has 4 aromatic heterocycles. The van der Waals surface area contributed by atoms with Gasteiger partial charge in [0.15, 0.2) is 18.9 Å². The standard InChI is InChI=1S/C20H13FN4S2/c21-15-5-2-1-4-14(15)19-23-16-7-8-25(11-17(16)24-19)10-13-12-27-20(22-13)18-6-3-9-26-18/h1-9,11-12H,10H2/p+1. The lowest BCUT2D eigenvalue weighted by atomic mass is 10.2. The number of rotatable bonds is 4. The number of benzene rings is 1. The van der Waals surface area contributed by atoms with Gasteiger partial charge in [-0.15, -0.1) is 22.7 Å². The molecule has 5 rings (SSSR count). The van der Waals surface area contributed by atoms with Gasteiger partial charge >= 0.3 is 0 Å². The van der Waals surface area contributed by atoms with Crippen molar-refractivity contribution in [1.29, 1.82) is 0 Å². The number of H-pyrrole nitrogens is 1. The van der Waals surface area contributed by atoms with E-state index in [2.05, 4.69) is 31.4 Å². The molecule has 5 aromatic rings. The lowest BCUT2D eigenvalue weighted by Crippen LogP contribution is -2.33. The summed E-state index contributed by atoms with van der Waals surface area (Å²) in [4.78, 5) is 13.6. The van der Waals surface area contributed by atoms with Crippen LogP contribution in [0.1, 0.15) is 5.69 Å². The first-order chi connectivity index (χ1) is 13.3. The highest BCUT2D eigenvalue weighted by Crippen LogP contribution is 2.27. The van der Waals surface area contributed by atoms with E-state index in [0.717, 1.165) is 21.7 Å². The fourth-order valence-corrected chi connectivity index (χ4v) is 4.59. The van der Waals surface area contributed by atoms with E-state index in [-0.39, 0.29) is 5.82 Å². The summed E-state index contributed by atoms with van der Waals surface area (Å²) in [6, 6.07) is 12.7. The minimum Gasteiger partial charge on any atom is -0.333 e. The van der Waals surface area contributed by atoms with E-state index in [1.54, 1.807) is 40.9 Å². The van der Waals surface area contributed by atoms with Crippen LogP contribution in [-0.2, 0) is 6.54 Å². The number of nitrogens with zero attached hydrogens (tertiary/aromatic N) is 3. The summed E-state index contributed by atoms with van der Waals surface area (Å²) >= 11 is 3.35. The molecule has 0 bridgehead atoms. The van der Waals surface area contributed by atoms with Crippen molar-refractivity contribution >= 4 is 33.7 Å². The van der Waals surface area contributed by atoms with E-state index in [0.29, 0.717) is 17.9 Å². The summed E-state index contributed by atoms with van der Waals surface area (Å²) in [6.45, 7) is 0.672. The molecule has 0 spiro atoms. The zero-order valence-electron chi connectivity index (χ0n) is 14.1. The number of halogens is 1. The quantitative estimate of drug-likeness (QED) is 0.442. The number of thiophene rings is 1. The molecule has 0 aliphatic carbocycles. The first-order valence-electron chi connectivity index (χ1n) is 8.38. The molecule has 0 radical (unpaired) electrons. The molecule has 0 amide bonds. The van der Waals surface area contributed by atoms with Gasteiger partial charge < -0.3 is 4.98 Å². The Morgan fingerprint density at radius 2 is 1.96 bits per heavy atom. The molecule has 0 saturated carbocycles. The Morgan fingerprint density at radius 3 is 2.81 bits per heavy atom. The Labute approximate surface area is 162 Å². The highest BCUT2D eigenvalue weighted by Gasteiger charge is 2.14. The van der Waals surface area contributed by atoms with Crippen LogP contribution in [0.2, 0.25) is 0 Å². The minimum atomic E-state index is -0.284. The lowest BCUT2D eigenvalue weighted by molar-refractivity contribution is -0.687. The third-order valence-electron chi connectivity index (χ3n) is 4.24. The molecule has 0 fully saturated rings. The van der Waals surface area contributed by atoms with Gasteiger partial charge in [-0.25, -0.2) is 14.4 Å². The van der Waals surface area contributed by atoms with Crippen LogP contribution in [0.15, 0.2) is 65.6 Å². The van der Waals surface area contributed by atoms with Gasteiger partial charge in [0.25, 0.3) is 0 Å². The first-order valence-corrected chi connectivity index (χ1v) is 10.1. The molecule has 4 nitrogen and oxygen atoms in total. The molecule has 0 atom stereocenters. The van der Waals surface area contributed by atoms with Crippen LogP contribution in [-0.4, -0.2) is 15.0 Å². The normalized spacial score (nSPS) is 11.3. The van der Waals surface area contributed by atoms with Gasteiger partial charge in [-0.05, 0) is 23.6 Å². The smallest absolute Gasteiger partial charge is 0.195 e. The number of fused-ring (bicyclic) bond motifs is 1. The van der Waals surface area contributed by atoms with E-state index in [1.165, 1.54) is 10.9 Å². The maximum Gasteiger partial charge on any atom is 0.195 e. The Morgan fingerprint density at radius 1 is 1.04 bits per heavy atom. The number of thiazole rings is 1. The largest absolute Gasteiger partial charge is 0.333 e. The van der Waals surface area contributed by atoms with Crippen LogP contribution in [0, 0.1) is 5.82 Å². The Kier molecular flexibility index (Phi) is 4.03. The molecular weight excluding hydrogens is 379 g/mol. The summed E-state index contributed by atoms with van der Waals surface area (Å²) < 4.78 is 16.1. The maximum absolute atomic E-state index is 14.0. The summed E-state index contributed by atoms with van der Waals surface area (Å²) in [5, 5.41) is 5.19. The molecule has 132 valence electrons. The van der Waals surface area contributed by atoms with E-state index < -0.39 is 0 Å². The maximum atomic E-state index is 14.0. The van der Waals surface area contributed by atoms with Crippen molar-refractivity contribution in [3.05, 3.63) is 77.1 Å². The second kappa shape index (κ2) is 6.68. The van der Waals surface area contributed by atoms with Crippen LogP contribution in [0.5, 0.6) is 0 Å². The molecule has 1 N–H and O–H groups in total. The van der Waals surface area contributed by atoms with E-state index in [4.69, 9.17) is 4.98 Å². The van der Waals surface area contributed by atoms with E-state index >= 15 is 0 Å². The molecule has 27 heavy (non-hydrogen) atoms. The summed E-state index contributed by atoms with van der Waals surface area (Å²) in [7, 11) is 0. The molecule has 4 heterocycles. The first kappa shape index (κ1) is 16.3. The van der Waals surface area contributed by atoms with Crippen molar-refractivity contribution in [3.8, 4) is 21.3 Å². The number of aromatic nitrogens is 4. The van der Waals surface area contributed by atoms with Gasteiger partial charge in [-0.3, -0.25) is 0 Å². The second-order valence-corrected chi connectivity index (χ2v) is 7.91. The van der Waals surface area contributed by atoms with E-state index in [9.17, 15) is 4.39 Å². The van der Waals surface area contributed by atoms with Gasteiger partial charge in [0.05, 0.1) is 10.4 Å². The topological polar surface area (TPSA) is 45.5 Å². The van der Waals surface area contributed by atoms with Gasteiger partial charge in [0, 0.05) is 11.4 Å². The van der Waals surface area contributed by atoms with Crippen molar-refractivity contribution in [2.24, 2.45) is 0 Å². The van der Waals surface area contributed by atoms with Crippen molar-refractivity contribution in [1.82, 2.24) is 15.0 Å². The summed E-state index contributed by atoms with van der Waals surface area (Å²) in [6.07, 6.45) is 3.95. The molecule has 7 heteroatoms. The van der Waals surface area contributed by atoms with Gasteiger partial charge in [0.1, 0.15) is 33.4 Å². The fraction of sp³-hybridized carbons (Fsp3) is 0.0500. The number of nitrogens with one attached hydrogen (secondary N) is 1. The fourth-order valence-electron chi connectivity index (χ4n) is 2.96. The van der Waals surface area contributed by atoms with Crippen molar-refractivity contribution in [3.63, 3.8) is 0 Å². The molecule has 0 saturated heterocycles. The monoisotopic (exact) mass is 393 g/mol. The number of hydrogen-bond acceptors (Lipinski definition) is 4. The highest BCUT2D eigenvalue weighted by molar-refractivity contribution is 7.20. The van der Waals surface area contributed by atoms with Crippen LogP contribution >= 0.6 is 22.7 Å². The third kappa shape index (κ3) is 3.15. The average Bonchev–Trinajstić information content (AvgIpc) is 3.42. The van der Waals surface area contributed by atoms with Crippen LogP contribution in [0.3, 0.4) is 0 Å². The minimum absolute atomic E-state index is 0.284. The summed E-state index contributed by atoms with van der Waals surface area (Å²) in [5.41, 5.74) is 3.16. The zero-order chi connectivity index (χ0) is 18.2. The van der Waals surface area contributed by atoms with Crippen LogP contribution in [0.25, 0.3) is 32.3 Å². The highest BCUT2D eigenvalue weighted by atomic mass is 32.1. The number of imidazole rings is 1. The molecule has 0 aliphatic rings. The average molecular weight is 393 g/mol. The predicted molar refractivity (Wildman–Crippen MR) is 106 cm³/mol. The van der Waals surface area contributed by atoms with Crippen LogP contribution < -0.4 is 4.57 Å². The Bertz CT molecular complexity index is 1220. The molecule has 0 aliphatic heterocycles. The number of aromatic amines is 1. The van der Waals surface area contributed by atoms with Gasteiger partial charge in [0.2, 0.25) is 0 Å². The van der Waals surface area contributed by atoms with Gasteiger partial charge in [-0.1, -0.05) is 18.2 Å². The lowest BCUT2D eigenvalue weighted by Gasteiger charge is -1.96.